The van der Waals surface area contributed by atoms with E-state index in [4.69, 9.17) is 11.6 Å². The quantitative estimate of drug-likeness (QED) is 0.530. The number of halogens is 7. The number of hydrogen-bond acceptors (Lipinski definition) is 2. The van der Waals surface area contributed by atoms with Crippen LogP contribution in [0, 0.1) is 0 Å². The lowest BCUT2D eigenvalue weighted by Gasteiger charge is -2.15. The van der Waals surface area contributed by atoms with E-state index < -0.39 is 23.5 Å². The molecular weight excluding hydrogens is 384 g/mol. The Bertz CT molecular complexity index is 913. The zero-order valence-electron chi connectivity index (χ0n) is 12.6. The fraction of sp³-hybridized carbons (Fsp3) is 0.125. The maximum Gasteiger partial charge on any atom is 0.416 e. The van der Waals surface area contributed by atoms with Gasteiger partial charge in [0, 0.05) is 11.8 Å². The number of hydrogen-bond donors (Lipinski definition) is 0. The van der Waals surface area contributed by atoms with Crippen molar-refractivity contribution in [2.45, 2.75) is 12.4 Å². The summed E-state index contributed by atoms with van der Waals surface area (Å²) in [7, 11) is 0. The Hall–Kier alpha value is -2.55. The summed E-state index contributed by atoms with van der Waals surface area (Å²) in [5, 5.41) is 4.13. The van der Waals surface area contributed by atoms with Crippen LogP contribution in [0.2, 0.25) is 5.02 Å². The highest BCUT2D eigenvalue weighted by Crippen LogP contribution is 2.39. The van der Waals surface area contributed by atoms with E-state index in [-0.39, 0.29) is 28.0 Å². The number of aromatic nitrogens is 3. The molecule has 10 heteroatoms. The van der Waals surface area contributed by atoms with Crippen molar-refractivity contribution in [1.29, 1.82) is 0 Å². The van der Waals surface area contributed by atoms with Gasteiger partial charge in [-0.2, -0.15) is 31.4 Å². The maximum atomic E-state index is 13.0. The molecule has 0 fully saturated rings. The van der Waals surface area contributed by atoms with Gasteiger partial charge in [0.05, 0.1) is 34.2 Å². The molecule has 0 spiro atoms. The van der Waals surface area contributed by atoms with Gasteiger partial charge in [-0.15, -0.1) is 0 Å². The van der Waals surface area contributed by atoms with E-state index in [1.165, 1.54) is 30.7 Å². The summed E-state index contributed by atoms with van der Waals surface area (Å²) in [5.74, 6) is 0. The molecule has 2 heterocycles. The monoisotopic (exact) mass is 391 g/mol. The molecule has 0 aliphatic carbocycles. The van der Waals surface area contributed by atoms with Gasteiger partial charge in [0.2, 0.25) is 0 Å². The van der Waals surface area contributed by atoms with Gasteiger partial charge in [-0.05, 0) is 30.3 Å². The highest BCUT2D eigenvalue weighted by Gasteiger charge is 2.37. The Balaban J connectivity index is 2.23. The fourth-order valence-electron chi connectivity index (χ4n) is 2.34. The summed E-state index contributed by atoms with van der Waals surface area (Å²) in [6.45, 7) is 0. The summed E-state index contributed by atoms with van der Waals surface area (Å²) in [6, 6.07) is 4.05. The molecule has 0 N–H and O–H groups in total. The molecule has 0 bridgehead atoms. The van der Waals surface area contributed by atoms with Crippen molar-refractivity contribution in [2.75, 3.05) is 0 Å². The van der Waals surface area contributed by atoms with Crippen LogP contribution in [0.4, 0.5) is 26.3 Å². The van der Waals surface area contributed by atoms with E-state index >= 15 is 0 Å². The van der Waals surface area contributed by atoms with Gasteiger partial charge in [-0.25, -0.2) is 4.68 Å². The van der Waals surface area contributed by atoms with Crippen LogP contribution < -0.4 is 0 Å². The van der Waals surface area contributed by atoms with Crippen molar-refractivity contribution in [1.82, 2.24) is 14.8 Å². The van der Waals surface area contributed by atoms with Crippen LogP contribution in [-0.2, 0) is 12.4 Å². The van der Waals surface area contributed by atoms with Gasteiger partial charge in [-0.1, -0.05) is 11.6 Å². The molecule has 3 aromatic rings. The van der Waals surface area contributed by atoms with Gasteiger partial charge in [0.25, 0.3) is 0 Å². The van der Waals surface area contributed by atoms with Crippen LogP contribution in [0.1, 0.15) is 11.1 Å². The van der Waals surface area contributed by atoms with E-state index in [2.05, 4.69) is 10.1 Å². The molecule has 0 unspecified atom stereocenters. The molecule has 26 heavy (non-hydrogen) atoms. The lowest BCUT2D eigenvalue weighted by molar-refractivity contribution is -0.143. The second-order valence-corrected chi connectivity index (χ2v) is 5.66. The first kappa shape index (κ1) is 18.2. The van der Waals surface area contributed by atoms with Gasteiger partial charge in [0.1, 0.15) is 5.69 Å². The van der Waals surface area contributed by atoms with Gasteiger partial charge < -0.3 is 0 Å². The molecule has 3 rings (SSSR count). The SMILES string of the molecule is FC(F)(F)c1cc(-c2ccnn2-c2cnccc2Cl)cc(C(F)(F)F)c1. The van der Waals surface area contributed by atoms with E-state index in [1.54, 1.807) is 0 Å². The molecule has 0 radical (unpaired) electrons. The highest BCUT2D eigenvalue weighted by atomic mass is 35.5. The van der Waals surface area contributed by atoms with Crippen molar-refractivity contribution in [3.05, 3.63) is 65.1 Å². The van der Waals surface area contributed by atoms with E-state index in [0.717, 1.165) is 4.68 Å². The molecule has 0 saturated heterocycles. The topological polar surface area (TPSA) is 30.7 Å². The van der Waals surface area contributed by atoms with Crippen LogP contribution in [0.15, 0.2) is 48.9 Å². The Kier molecular flexibility index (Phi) is 4.43. The van der Waals surface area contributed by atoms with Gasteiger partial charge in [-0.3, -0.25) is 4.98 Å². The van der Waals surface area contributed by atoms with Crippen molar-refractivity contribution in [2.24, 2.45) is 0 Å². The van der Waals surface area contributed by atoms with Crippen LogP contribution >= 0.6 is 11.6 Å². The van der Waals surface area contributed by atoms with Gasteiger partial charge >= 0.3 is 12.4 Å². The molecule has 0 saturated carbocycles. The fourth-order valence-corrected chi connectivity index (χ4v) is 2.53. The number of rotatable bonds is 2. The minimum Gasteiger partial charge on any atom is -0.262 e. The van der Waals surface area contributed by atoms with Crippen LogP contribution in [0.25, 0.3) is 16.9 Å². The first-order valence-corrected chi connectivity index (χ1v) is 7.39. The molecule has 2 aromatic heterocycles. The summed E-state index contributed by atoms with van der Waals surface area (Å²) in [5.41, 5.74) is -2.89. The highest BCUT2D eigenvalue weighted by molar-refractivity contribution is 6.32. The maximum absolute atomic E-state index is 13.0. The molecule has 0 aliphatic heterocycles. The molecular formula is C16H8ClF6N3. The Labute approximate surface area is 147 Å². The predicted molar refractivity (Wildman–Crippen MR) is 81.8 cm³/mol. The first-order chi connectivity index (χ1) is 12.1. The molecule has 0 amide bonds. The van der Waals surface area contributed by atoms with E-state index in [0.29, 0.717) is 12.1 Å². The molecule has 0 aliphatic rings. The van der Waals surface area contributed by atoms with Crippen molar-refractivity contribution in [3.8, 4) is 16.9 Å². The molecule has 136 valence electrons. The average molecular weight is 392 g/mol. The third kappa shape index (κ3) is 3.52. The Morgan fingerprint density at radius 3 is 2.00 bits per heavy atom. The van der Waals surface area contributed by atoms with Crippen LogP contribution in [-0.4, -0.2) is 14.8 Å². The average Bonchev–Trinajstić information content (AvgIpc) is 3.02. The lowest BCUT2D eigenvalue weighted by Crippen LogP contribution is -2.11. The summed E-state index contributed by atoms with van der Waals surface area (Å²) in [4.78, 5) is 3.84. The van der Waals surface area contributed by atoms with Crippen LogP contribution in [0.5, 0.6) is 0 Å². The minimum atomic E-state index is -4.94. The standard InChI is InChI=1S/C16H8ClF6N3/c17-12-1-3-24-8-14(12)26-13(2-4-25-26)9-5-10(15(18,19)20)7-11(6-9)16(21,22)23/h1-8H. The summed E-state index contributed by atoms with van der Waals surface area (Å²) < 4.78 is 79.4. The third-order valence-corrected chi connectivity index (χ3v) is 3.82. The van der Waals surface area contributed by atoms with E-state index in [1.807, 2.05) is 0 Å². The lowest BCUT2D eigenvalue weighted by atomic mass is 10.0. The zero-order chi connectivity index (χ0) is 19.1. The number of pyridine rings is 1. The normalized spacial score (nSPS) is 12.4. The number of benzene rings is 1. The summed E-state index contributed by atoms with van der Waals surface area (Å²) >= 11 is 6.02. The van der Waals surface area contributed by atoms with Crippen molar-refractivity contribution in [3.63, 3.8) is 0 Å². The largest absolute Gasteiger partial charge is 0.416 e. The number of alkyl halides is 6. The summed E-state index contributed by atoms with van der Waals surface area (Å²) in [6.07, 6.45) is -5.94. The second kappa shape index (κ2) is 6.31. The van der Waals surface area contributed by atoms with Gasteiger partial charge in [0.15, 0.2) is 0 Å². The van der Waals surface area contributed by atoms with Crippen LogP contribution in [0.3, 0.4) is 0 Å². The zero-order valence-corrected chi connectivity index (χ0v) is 13.4. The minimum absolute atomic E-state index is 0.0106. The predicted octanol–water partition coefficient (Wildman–Crippen LogP) is 5.63. The van der Waals surface area contributed by atoms with E-state index in [9.17, 15) is 26.3 Å². The van der Waals surface area contributed by atoms with Crippen molar-refractivity contribution < 1.29 is 26.3 Å². The second-order valence-electron chi connectivity index (χ2n) is 5.25. The Morgan fingerprint density at radius 2 is 1.46 bits per heavy atom. The first-order valence-electron chi connectivity index (χ1n) is 7.01. The Morgan fingerprint density at radius 1 is 0.846 bits per heavy atom. The smallest absolute Gasteiger partial charge is 0.262 e. The molecule has 1 aromatic carbocycles. The molecule has 0 atom stereocenters. The molecule has 3 nitrogen and oxygen atoms in total. The number of nitrogens with zero attached hydrogens (tertiary/aromatic N) is 3. The third-order valence-electron chi connectivity index (χ3n) is 3.50. The van der Waals surface area contributed by atoms with Crippen molar-refractivity contribution >= 4 is 11.6 Å².